The van der Waals surface area contributed by atoms with Gasteiger partial charge in [0.25, 0.3) is 0 Å². The number of guanidine groups is 1. The van der Waals surface area contributed by atoms with Gasteiger partial charge in [-0.3, -0.25) is 9.89 Å². The standard InChI is InChI=1S/C23H39N5O2.HI/c1-3-24-23(25-11-7-16-30-22-10-17-29-19-22)26-18-20(2)27-12-14-28(15-13-27)21-8-5-4-6-9-21;/h4-6,8-9,20,22H,3,7,10-19H2,1-2H3,(H2,24,25,26);1H. The SMILES string of the molecule is CCNC(=NCC(C)N1CCN(c2ccccc2)CC1)NCCCOC1CCOC1.I. The Morgan fingerprint density at radius 2 is 1.97 bits per heavy atom. The molecule has 2 aliphatic rings. The van der Waals surface area contributed by atoms with E-state index in [1.54, 1.807) is 0 Å². The van der Waals surface area contributed by atoms with Crippen molar-refractivity contribution in [3.8, 4) is 0 Å². The van der Waals surface area contributed by atoms with Crippen molar-refractivity contribution in [1.29, 1.82) is 0 Å². The predicted molar refractivity (Wildman–Crippen MR) is 139 cm³/mol. The van der Waals surface area contributed by atoms with Gasteiger partial charge in [-0.25, -0.2) is 0 Å². The summed E-state index contributed by atoms with van der Waals surface area (Å²) >= 11 is 0. The normalized spacial score (nSPS) is 20.9. The fourth-order valence-electron chi connectivity index (χ4n) is 3.91. The van der Waals surface area contributed by atoms with E-state index >= 15 is 0 Å². The molecule has 176 valence electrons. The molecular formula is C23H40IN5O2. The van der Waals surface area contributed by atoms with E-state index in [0.717, 1.165) is 84.4 Å². The highest BCUT2D eigenvalue weighted by atomic mass is 127. The first-order chi connectivity index (χ1) is 14.8. The number of piperazine rings is 1. The lowest BCUT2D eigenvalue weighted by molar-refractivity contribution is 0.0420. The first kappa shape index (κ1) is 26.2. The van der Waals surface area contributed by atoms with Crippen LogP contribution in [0.4, 0.5) is 5.69 Å². The number of benzene rings is 1. The third-order valence-electron chi connectivity index (χ3n) is 5.77. The highest BCUT2D eigenvalue weighted by Crippen LogP contribution is 2.16. The van der Waals surface area contributed by atoms with Gasteiger partial charge >= 0.3 is 0 Å². The summed E-state index contributed by atoms with van der Waals surface area (Å²) in [5.74, 6) is 0.900. The van der Waals surface area contributed by atoms with Crippen molar-refractivity contribution >= 4 is 35.6 Å². The zero-order valence-electron chi connectivity index (χ0n) is 19.1. The van der Waals surface area contributed by atoms with Crippen LogP contribution in [-0.4, -0.2) is 88.6 Å². The van der Waals surface area contributed by atoms with Crippen LogP contribution >= 0.6 is 24.0 Å². The van der Waals surface area contributed by atoms with E-state index in [9.17, 15) is 0 Å². The third-order valence-corrected chi connectivity index (χ3v) is 5.77. The number of hydrogen-bond donors (Lipinski definition) is 2. The molecule has 0 aromatic heterocycles. The number of para-hydroxylation sites is 1. The molecule has 0 saturated carbocycles. The third kappa shape index (κ3) is 9.11. The molecule has 7 nitrogen and oxygen atoms in total. The number of nitrogens with zero attached hydrogens (tertiary/aromatic N) is 3. The van der Waals surface area contributed by atoms with Gasteiger partial charge in [0.15, 0.2) is 5.96 Å². The number of aliphatic imine (C=N–C) groups is 1. The molecule has 2 N–H and O–H groups in total. The van der Waals surface area contributed by atoms with E-state index in [1.165, 1.54) is 5.69 Å². The first-order valence-corrected chi connectivity index (χ1v) is 11.5. The average Bonchev–Trinajstić information content (AvgIpc) is 3.31. The van der Waals surface area contributed by atoms with Gasteiger partial charge in [-0.1, -0.05) is 18.2 Å². The van der Waals surface area contributed by atoms with Crippen molar-refractivity contribution in [2.45, 2.75) is 38.8 Å². The van der Waals surface area contributed by atoms with E-state index in [2.05, 4.69) is 64.6 Å². The van der Waals surface area contributed by atoms with Crippen LogP contribution in [0.3, 0.4) is 0 Å². The second-order valence-corrected chi connectivity index (χ2v) is 8.06. The van der Waals surface area contributed by atoms with E-state index in [0.29, 0.717) is 6.04 Å². The van der Waals surface area contributed by atoms with Crippen molar-refractivity contribution in [3.63, 3.8) is 0 Å². The quantitative estimate of drug-likeness (QED) is 0.204. The Bertz CT molecular complexity index is 620. The molecule has 2 heterocycles. The van der Waals surface area contributed by atoms with Gasteiger partial charge in [0.05, 0.1) is 19.3 Å². The van der Waals surface area contributed by atoms with Crippen LogP contribution in [0.25, 0.3) is 0 Å². The Kier molecular flexibility index (Phi) is 12.5. The van der Waals surface area contributed by atoms with Crippen LogP contribution in [-0.2, 0) is 9.47 Å². The number of nitrogens with one attached hydrogen (secondary N) is 2. The summed E-state index contributed by atoms with van der Waals surface area (Å²) in [7, 11) is 0. The summed E-state index contributed by atoms with van der Waals surface area (Å²) in [6.45, 7) is 13.6. The molecule has 2 unspecified atom stereocenters. The maximum absolute atomic E-state index is 5.83. The second-order valence-electron chi connectivity index (χ2n) is 8.06. The van der Waals surface area contributed by atoms with Gasteiger partial charge in [-0.05, 0) is 38.8 Å². The summed E-state index contributed by atoms with van der Waals surface area (Å²) < 4.78 is 11.2. The summed E-state index contributed by atoms with van der Waals surface area (Å²) in [6, 6.07) is 11.1. The van der Waals surface area contributed by atoms with Crippen LogP contribution in [0, 0.1) is 0 Å². The molecule has 8 heteroatoms. The second kappa shape index (κ2) is 14.9. The largest absolute Gasteiger partial charge is 0.379 e. The van der Waals surface area contributed by atoms with Crippen LogP contribution in [0.2, 0.25) is 0 Å². The number of hydrogen-bond acceptors (Lipinski definition) is 5. The summed E-state index contributed by atoms with van der Waals surface area (Å²) in [5.41, 5.74) is 1.32. The molecule has 2 atom stereocenters. The Labute approximate surface area is 205 Å². The van der Waals surface area contributed by atoms with Crippen LogP contribution in [0.5, 0.6) is 0 Å². The molecule has 0 spiro atoms. The number of ether oxygens (including phenoxy) is 2. The van der Waals surface area contributed by atoms with Gasteiger partial charge in [0.2, 0.25) is 0 Å². The zero-order valence-corrected chi connectivity index (χ0v) is 21.4. The number of rotatable bonds is 10. The van der Waals surface area contributed by atoms with Crippen LogP contribution in [0.1, 0.15) is 26.7 Å². The molecule has 2 saturated heterocycles. The van der Waals surface area contributed by atoms with Crippen LogP contribution in [0.15, 0.2) is 35.3 Å². The topological polar surface area (TPSA) is 61.4 Å². The fraction of sp³-hybridized carbons (Fsp3) is 0.696. The van der Waals surface area contributed by atoms with Crippen molar-refractivity contribution in [2.75, 3.05) is 70.5 Å². The minimum absolute atomic E-state index is 0. The van der Waals surface area contributed by atoms with Crippen molar-refractivity contribution < 1.29 is 9.47 Å². The molecule has 2 aliphatic heterocycles. The Morgan fingerprint density at radius 1 is 1.19 bits per heavy atom. The monoisotopic (exact) mass is 545 g/mol. The molecule has 2 fully saturated rings. The van der Waals surface area contributed by atoms with Crippen molar-refractivity contribution in [1.82, 2.24) is 15.5 Å². The highest BCUT2D eigenvalue weighted by molar-refractivity contribution is 14.0. The molecule has 0 amide bonds. The first-order valence-electron chi connectivity index (χ1n) is 11.5. The molecule has 0 radical (unpaired) electrons. The Hall–Kier alpha value is -1.10. The van der Waals surface area contributed by atoms with Gasteiger partial charge < -0.3 is 25.0 Å². The van der Waals surface area contributed by atoms with E-state index in [-0.39, 0.29) is 30.1 Å². The van der Waals surface area contributed by atoms with E-state index in [1.807, 2.05) is 0 Å². The molecule has 0 bridgehead atoms. The highest BCUT2D eigenvalue weighted by Gasteiger charge is 2.21. The summed E-state index contributed by atoms with van der Waals surface area (Å²) in [5, 5.41) is 6.79. The van der Waals surface area contributed by atoms with Crippen molar-refractivity contribution in [2.24, 2.45) is 4.99 Å². The lowest BCUT2D eigenvalue weighted by atomic mass is 10.2. The fourth-order valence-corrected chi connectivity index (χ4v) is 3.91. The molecule has 31 heavy (non-hydrogen) atoms. The smallest absolute Gasteiger partial charge is 0.191 e. The number of halogens is 1. The minimum atomic E-state index is 0. The lowest BCUT2D eigenvalue weighted by Crippen LogP contribution is -2.50. The van der Waals surface area contributed by atoms with Gasteiger partial charge in [-0.15, -0.1) is 24.0 Å². The average molecular weight is 546 g/mol. The molecule has 3 rings (SSSR count). The minimum Gasteiger partial charge on any atom is -0.379 e. The summed E-state index contributed by atoms with van der Waals surface area (Å²) in [4.78, 5) is 9.83. The molecular weight excluding hydrogens is 505 g/mol. The maximum atomic E-state index is 5.83. The zero-order chi connectivity index (χ0) is 21.0. The molecule has 1 aromatic rings. The molecule has 1 aromatic carbocycles. The van der Waals surface area contributed by atoms with Crippen LogP contribution < -0.4 is 15.5 Å². The van der Waals surface area contributed by atoms with E-state index < -0.39 is 0 Å². The van der Waals surface area contributed by atoms with Crippen molar-refractivity contribution in [3.05, 3.63) is 30.3 Å². The van der Waals surface area contributed by atoms with Gasteiger partial charge in [0.1, 0.15) is 0 Å². The predicted octanol–water partition coefficient (Wildman–Crippen LogP) is 2.57. The van der Waals surface area contributed by atoms with Gasteiger partial charge in [-0.2, -0.15) is 0 Å². The van der Waals surface area contributed by atoms with E-state index in [4.69, 9.17) is 14.5 Å². The molecule has 0 aliphatic carbocycles. The Balaban J connectivity index is 0.00000341. The lowest BCUT2D eigenvalue weighted by Gasteiger charge is -2.38. The summed E-state index contributed by atoms with van der Waals surface area (Å²) in [6.07, 6.45) is 2.28. The van der Waals surface area contributed by atoms with Gasteiger partial charge in [0, 0.05) is 64.2 Å². The maximum Gasteiger partial charge on any atom is 0.191 e. The Morgan fingerprint density at radius 3 is 2.65 bits per heavy atom. The number of anilines is 1.